The molecule has 31 heavy (non-hydrogen) atoms. The average molecular weight is 422 g/mol. The van der Waals surface area contributed by atoms with E-state index in [1.165, 1.54) is 0 Å². The zero-order valence-corrected chi connectivity index (χ0v) is 17.4. The molecule has 0 amide bonds. The Bertz CT molecular complexity index is 1070. The monoisotopic (exact) mass is 421 g/mol. The molecule has 3 aromatic rings. The number of fused-ring (bicyclic) bond motifs is 2. The topological polar surface area (TPSA) is 109 Å². The molecule has 8 nitrogen and oxygen atoms in total. The van der Waals surface area contributed by atoms with Crippen molar-refractivity contribution < 1.29 is 14.2 Å². The predicted octanol–water partition coefficient (Wildman–Crippen LogP) is 2.73. The number of hydrogen-bond acceptors (Lipinski definition) is 8. The van der Waals surface area contributed by atoms with Crippen molar-refractivity contribution in [2.45, 2.75) is 18.9 Å². The van der Waals surface area contributed by atoms with E-state index in [9.17, 15) is 0 Å². The molecule has 1 aromatic heterocycles. The highest BCUT2D eigenvalue weighted by molar-refractivity contribution is 5.94. The van der Waals surface area contributed by atoms with E-state index in [1.807, 2.05) is 42.5 Å². The van der Waals surface area contributed by atoms with Crippen LogP contribution < -0.4 is 25.7 Å². The molecule has 1 atom stereocenters. The molecule has 0 spiro atoms. The third-order valence-corrected chi connectivity index (χ3v) is 5.94. The van der Waals surface area contributed by atoms with Crippen LogP contribution in [0.2, 0.25) is 0 Å². The van der Waals surface area contributed by atoms with Crippen LogP contribution in [0.25, 0.3) is 10.9 Å². The molecular formula is C23H27N5O3. The first-order chi connectivity index (χ1) is 15.2. The molecule has 4 N–H and O–H groups in total. The van der Waals surface area contributed by atoms with Gasteiger partial charge in [-0.25, -0.2) is 4.98 Å². The zero-order chi connectivity index (χ0) is 21.2. The summed E-state index contributed by atoms with van der Waals surface area (Å²) >= 11 is 0. The lowest BCUT2D eigenvalue weighted by molar-refractivity contribution is 0.0440. The Labute approximate surface area is 181 Å². The summed E-state index contributed by atoms with van der Waals surface area (Å²) in [6.45, 7) is 4.16. The van der Waals surface area contributed by atoms with Gasteiger partial charge in [-0.05, 0) is 56.1 Å². The van der Waals surface area contributed by atoms with Crippen LogP contribution in [0.1, 0.15) is 12.8 Å². The van der Waals surface area contributed by atoms with Gasteiger partial charge in [0.1, 0.15) is 24.3 Å². The number of likely N-dealkylation sites (tertiary alicyclic amines) is 1. The molecule has 2 aliphatic heterocycles. The Balaban J connectivity index is 1.13. The highest BCUT2D eigenvalue weighted by Crippen LogP contribution is 2.32. The Morgan fingerprint density at radius 1 is 1.00 bits per heavy atom. The normalized spacial score (nSPS) is 19.4. The van der Waals surface area contributed by atoms with Crippen LogP contribution in [0.15, 0.2) is 42.5 Å². The van der Waals surface area contributed by atoms with Gasteiger partial charge in [0.05, 0.1) is 17.5 Å². The summed E-state index contributed by atoms with van der Waals surface area (Å²) in [5.41, 5.74) is 12.5. The predicted molar refractivity (Wildman–Crippen MR) is 119 cm³/mol. The summed E-state index contributed by atoms with van der Waals surface area (Å²) in [6.07, 6.45) is 2.22. The van der Waals surface area contributed by atoms with Gasteiger partial charge in [0.15, 0.2) is 11.5 Å². The van der Waals surface area contributed by atoms with Crippen LogP contribution in [0.5, 0.6) is 17.2 Å². The van der Waals surface area contributed by atoms with Crippen molar-refractivity contribution >= 4 is 22.7 Å². The summed E-state index contributed by atoms with van der Waals surface area (Å²) in [6, 6.07) is 13.5. The molecule has 2 aromatic carbocycles. The fourth-order valence-corrected chi connectivity index (χ4v) is 4.30. The summed E-state index contributed by atoms with van der Waals surface area (Å²) in [5, 5.41) is 0.726. The van der Waals surface area contributed by atoms with Crippen molar-refractivity contribution in [2.75, 3.05) is 44.3 Å². The van der Waals surface area contributed by atoms with Crippen LogP contribution >= 0.6 is 0 Å². The van der Waals surface area contributed by atoms with E-state index in [4.69, 9.17) is 25.7 Å². The molecule has 0 saturated carbocycles. The molecule has 3 heterocycles. The minimum absolute atomic E-state index is 0.0637. The molecule has 5 rings (SSSR count). The van der Waals surface area contributed by atoms with E-state index in [1.54, 1.807) is 0 Å². The van der Waals surface area contributed by atoms with Crippen LogP contribution in [0.4, 0.5) is 11.8 Å². The Kier molecular flexibility index (Phi) is 5.38. The number of piperidine rings is 1. The van der Waals surface area contributed by atoms with Crippen molar-refractivity contribution in [1.29, 1.82) is 0 Å². The average Bonchev–Trinajstić information content (AvgIpc) is 2.78. The minimum Gasteiger partial charge on any atom is -0.492 e. The van der Waals surface area contributed by atoms with E-state index in [0.29, 0.717) is 36.2 Å². The van der Waals surface area contributed by atoms with Crippen molar-refractivity contribution in [3.05, 3.63) is 42.5 Å². The third-order valence-electron chi connectivity index (χ3n) is 5.94. The smallest absolute Gasteiger partial charge is 0.222 e. The van der Waals surface area contributed by atoms with Gasteiger partial charge in [0, 0.05) is 6.54 Å². The lowest BCUT2D eigenvalue weighted by atomic mass is 9.97. The minimum atomic E-state index is 0.0637. The molecule has 1 saturated heterocycles. The Morgan fingerprint density at radius 3 is 2.65 bits per heavy atom. The molecule has 2 aliphatic rings. The second kappa shape index (κ2) is 8.47. The van der Waals surface area contributed by atoms with Crippen LogP contribution in [0.3, 0.4) is 0 Å². The molecule has 8 heteroatoms. The molecular weight excluding hydrogens is 394 g/mol. The van der Waals surface area contributed by atoms with Gasteiger partial charge >= 0.3 is 0 Å². The first kappa shape index (κ1) is 19.7. The van der Waals surface area contributed by atoms with Gasteiger partial charge in [-0.3, -0.25) is 4.90 Å². The largest absolute Gasteiger partial charge is 0.492 e. The standard InChI is InChI=1S/C23H27N5O3/c24-22-21-17(26-23(25)27-22)4-3-7-20(21)29-13-15-8-10-28(11-9-15)12-16-14-30-18-5-1-2-6-19(18)31-16/h1-7,15-16H,8-14H2,(H4,24,25,26,27). The zero-order valence-electron chi connectivity index (χ0n) is 17.4. The number of nitrogens with zero attached hydrogens (tertiary/aromatic N) is 3. The number of hydrogen-bond donors (Lipinski definition) is 2. The quantitative estimate of drug-likeness (QED) is 0.647. The summed E-state index contributed by atoms with van der Waals surface area (Å²) in [4.78, 5) is 10.8. The maximum atomic E-state index is 6.14. The van der Waals surface area contributed by atoms with Crippen molar-refractivity contribution in [1.82, 2.24) is 14.9 Å². The lowest BCUT2D eigenvalue weighted by Gasteiger charge is -2.35. The van der Waals surface area contributed by atoms with Crippen LogP contribution in [-0.4, -0.2) is 53.8 Å². The third kappa shape index (κ3) is 4.29. The van der Waals surface area contributed by atoms with Crippen molar-refractivity contribution in [2.24, 2.45) is 5.92 Å². The van der Waals surface area contributed by atoms with Gasteiger partial charge in [0.2, 0.25) is 5.95 Å². The molecule has 0 aliphatic carbocycles. The number of rotatable bonds is 5. The number of benzene rings is 2. The second-order valence-electron chi connectivity index (χ2n) is 8.17. The summed E-state index contributed by atoms with van der Waals surface area (Å²) in [5.74, 6) is 3.39. The van der Waals surface area contributed by atoms with Gasteiger partial charge in [0.25, 0.3) is 0 Å². The number of nitrogens with two attached hydrogens (primary N) is 2. The SMILES string of the molecule is Nc1nc(N)c2c(OCC3CCN(CC4COc5ccccc5O4)CC3)cccc2n1. The fourth-order valence-electron chi connectivity index (χ4n) is 4.30. The molecule has 1 unspecified atom stereocenters. The Hall–Kier alpha value is -3.26. The highest BCUT2D eigenvalue weighted by Gasteiger charge is 2.26. The number of aromatic nitrogens is 2. The summed E-state index contributed by atoms with van der Waals surface area (Å²) in [7, 11) is 0. The second-order valence-corrected chi connectivity index (χ2v) is 8.17. The van der Waals surface area contributed by atoms with E-state index >= 15 is 0 Å². The first-order valence-corrected chi connectivity index (χ1v) is 10.7. The van der Waals surface area contributed by atoms with Crippen molar-refractivity contribution in [3.8, 4) is 17.2 Å². The van der Waals surface area contributed by atoms with Crippen LogP contribution in [0, 0.1) is 5.92 Å². The fraction of sp³-hybridized carbons (Fsp3) is 0.391. The molecule has 0 bridgehead atoms. The van der Waals surface area contributed by atoms with Crippen molar-refractivity contribution in [3.63, 3.8) is 0 Å². The number of anilines is 2. The van der Waals surface area contributed by atoms with Gasteiger partial charge in [-0.15, -0.1) is 0 Å². The number of nitrogen functional groups attached to an aromatic ring is 2. The van der Waals surface area contributed by atoms with Crippen LogP contribution in [-0.2, 0) is 0 Å². The van der Waals surface area contributed by atoms with Gasteiger partial charge in [-0.2, -0.15) is 4.98 Å². The maximum Gasteiger partial charge on any atom is 0.222 e. The maximum absolute atomic E-state index is 6.14. The number of para-hydroxylation sites is 2. The van der Waals surface area contributed by atoms with E-state index in [-0.39, 0.29) is 12.1 Å². The molecule has 1 fully saturated rings. The van der Waals surface area contributed by atoms with E-state index in [2.05, 4.69) is 14.9 Å². The van der Waals surface area contributed by atoms with Gasteiger partial charge < -0.3 is 25.7 Å². The Morgan fingerprint density at radius 2 is 1.81 bits per heavy atom. The first-order valence-electron chi connectivity index (χ1n) is 10.7. The van der Waals surface area contributed by atoms with E-state index in [0.717, 1.165) is 49.4 Å². The van der Waals surface area contributed by atoms with E-state index < -0.39 is 0 Å². The number of ether oxygens (including phenoxy) is 3. The highest BCUT2D eigenvalue weighted by atomic mass is 16.6. The lowest BCUT2D eigenvalue weighted by Crippen LogP contribution is -2.44. The molecule has 162 valence electrons. The summed E-state index contributed by atoms with van der Waals surface area (Å²) < 4.78 is 18.1. The molecule has 0 radical (unpaired) electrons. The van der Waals surface area contributed by atoms with Gasteiger partial charge in [-0.1, -0.05) is 18.2 Å².